The summed E-state index contributed by atoms with van der Waals surface area (Å²) in [5.74, 6) is 0.771. The Balaban J connectivity index is 1.50. The van der Waals surface area contributed by atoms with Gasteiger partial charge in [-0.1, -0.05) is 23.2 Å². The minimum absolute atomic E-state index is 0.265. The smallest absolute Gasteiger partial charge is 0.255 e. The molecule has 1 N–H and O–H groups in total. The number of aromatic nitrogens is 1. The second kappa shape index (κ2) is 8.15. The van der Waals surface area contributed by atoms with E-state index >= 15 is 0 Å². The summed E-state index contributed by atoms with van der Waals surface area (Å²) < 4.78 is 11.1. The number of fused-ring (bicyclic) bond motifs is 1. The van der Waals surface area contributed by atoms with Gasteiger partial charge in [-0.15, -0.1) is 0 Å². The molecule has 4 aromatic rings. The third-order valence-corrected chi connectivity index (χ3v) is 4.76. The van der Waals surface area contributed by atoms with E-state index < -0.39 is 0 Å². The first-order chi connectivity index (χ1) is 14.0. The molecule has 1 aromatic heterocycles. The van der Waals surface area contributed by atoms with Crippen LogP contribution < -0.4 is 10.1 Å². The normalized spacial score (nSPS) is 10.9. The fourth-order valence-corrected chi connectivity index (χ4v) is 3.24. The number of carbonyl (C=O) groups is 1. The van der Waals surface area contributed by atoms with Crippen molar-refractivity contribution in [2.45, 2.75) is 6.92 Å². The van der Waals surface area contributed by atoms with Crippen molar-refractivity contribution in [2.75, 3.05) is 11.9 Å². The monoisotopic (exact) mass is 426 g/mol. The lowest BCUT2D eigenvalue weighted by molar-refractivity contribution is 0.102. The molecule has 5 nitrogen and oxygen atoms in total. The maximum Gasteiger partial charge on any atom is 0.255 e. The number of oxazole rings is 1. The quantitative estimate of drug-likeness (QED) is 0.397. The average molecular weight is 427 g/mol. The van der Waals surface area contributed by atoms with Crippen LogP contribution >= 0.6 is 23.2 Å². The molecule has 1 amide bonds. The number of halogens is 2. The summed E-state index contributed by atoms with van der Waals surface area (Å²) in [6.07, 6.45) is 0. The Kier molecular flexibility index (Phi) is 5.43. The molecule has 0 fully saturated rings. The maximum atomic E-state index is 12.5. The number of nitrogens with zero attached hydrogens (tertiary/aromatic N) is 1. The number of rotatable bonds is 5. The molecule has 0 aliphatic carbocycles. The van der Waals surface area contributed by atoms with Gasteiger partial charge in [-0.25, -0.2) is 4.98 Å². The van der Waals surface area contributed by atoms with Crippen LogP contribution in [0.1, 0.15) is 17.3 Å². The Labute approximate surface area is 177 Å². The lowest BCUT2D eigenvalue weighted by Gasteiger charge is -2.09. The first-order valence-electron chi connectivity index (χ1n) is 8.93. The van der Waals surface area contributed by atoms with E-state index in [1.54, 1.807) is 48.5 Å². The zero-order valence-corrected chi connectivity index (χ0v) is 16.9. The van der Waals surface area contributed by atoms with Gasteiger partial charge in [0.25, 0.3) is 5.91 Å². The molecule has 0 unspecified atom stereocenters. The predicted molar refractivity (Wildman–Crippen MR) is 115 cm³/mol. The van der Waals surface area contributed by atoms with Gasteiger partial charge in [-0.2, -0.15) is 0 Å². The van der Waals surface area contributed by atoms with Crippen molar-refractivity contribution < 1.29 is 13.9 Å². The average Bonchev–Trinajstić information content (AvgIpc) is 3.13. The van der Waals surface area contributed by atoms with Crippen LogP contribution in [0.2, 0.25) is 10.0 Å². The van der Waals surface area contributed by atoms with Crippen LogP contribution in [0.15, 0.2) is 65.1 Å². The topological polar surface area (TPSA) is 64.4 Å². The molecule has 0 radical (unpaired) electrons. The van der Waals surface area contributed by atoms with Crippen LogP contribution in [0, 0.1) is 0 Å². The first kappa shape index (κ1) is 19.3. The summed E-state index contributed by atoms with van der Waals surface area (Å²) in [6.45, 7) is 2.38. The molecule has 29 heavy (non-hydrogen) atoms. The van der Waals surface area contributed by atoms with E-state index in [4.69, 9.17) is 32.4 Å². The zero-order valence-electron chi connectivity index (χ0n) is 15.4. The van der Waals surface area contributed by atoms with E-state index in [0.29, 0.717) is 50.6 Å². The Morgan fingerprint density at radius 1 is 1.07 bits per heavy atom. The number of ether oxygens (including phenoxy) is 1. The molecule has 3 aromatic carbocycles. The van der Waals surface area contributed by atoms with Gasteiger partial charge in [-0.05, 0) is 67.6 Å². The minimum Gasteiger partial charge on any atom is -0.492 e. The molecule has 0 aliphatic rings. The lowest BCUT2D eigenvalue weighted by atomic mass is 10.1. The van der Waals surface area contributed by atoms with Gasteiger partial charge in [0, 0.05) is 21.8 Å². The molecule has 0 atom stereocenters. The van der Waals surface area contributed by atoms with Crippen LogP contribution in [-0.4, -0.2) is 17.5 Å². The highest BCUT2D eigenvalue weighted by atomic mass is 35.5. The second-order valence-electron chi connectivity index (χ2n) is 6.24. The second-order valence-corrected chi connectivity index (χ2v) is 7.08. The highest BCUT2D eigenvalue weighted by Gasteiger charge is 2.12. The predicted octanol–water partition coefficient (Wildman–Crippen LogP) is 6.45. The molecular formula is C22H16Cl2N2O3. The van der Waals surface area contributed by atoms with Gasteiger partial charge in [0.15, 0.2) is 5.58 Å². The van der Waals surface area contributed by atoms with Crippen molar-refractivity contribution in [3.05, 3.63) is 76.3 Å². The zero-order chi connectivity index (χ0) is 20.4. The molecule has 0 saturated heterocycles. The highest BCUT2D eigenvalue weighted by Crippen LogP contribution is 2.28. The van der Waals surface area contributed by atoms with Crippen molar-refractivity contribution in [3.8, 4) is 17.2 Å². The number of amides is 1. The molecule has 0 bridgehead atoms. The number of nitrogens with one attached hydrogen (secondary N) is 1. The van der Waals surface area contributed by atoms with Gasteiger partial charge in [-0.3, -0.25) is 4.79 Å². The first-order valence-corrected chi connectivity index (χ1v) is 9.69. The minimum atomic E-state index is -0.265. The van der Waals surface area contributed by atoms with Gasteiger partial charge in [0.05, 0.1) is 11.6 Å². The molecular weight excluding hydrogens is 411 g/mol. The van der Waals surface area contributed by atoms with Gasteiger partial charge in [0.1, 0.15) is 11.3 Å². The van der Waals surface area contributed by atoms with Crippen LogP contribution in [-0.2, 0) is 0 Å². The van der Waals surface area contributed by atoms with Gasteiger partial charge in [0.2, 0.25) is 5.89 Å². The van der Waals surface area contributed by atoms with E-state index in [2.05, 4.69) is 10.3 Å². The van der Waals surface area contributed by atoms with E-state index in [0.717, 1.165) is 5.56 Å². The van der Waals surface area contributed by atoms with Gasteiger partial charge >= 0.3 is 0 Å². The molecule has 146 valence electrons. The van der Waals surface area contributed by atoms with Crippen molar-refractivity contribution in [1.82, 2.24) is 4.98 Å². The number of hydrogen-bond donors (Lipinski definition) is 1. The number of benzene rings is 3. The van der Waals surface area contributed by atoms with Gasteiger partial charge < -0.3 is 14.5 Å². The number of hydrogen-bond acceptors (Lipinski definition) is 4. The van der Waals surface area contributed by atoms with Crippen LogP contribution in [0.5, 0.6) is 5.75 Å². The number of carbonyl (C=O) groups excluding carboxylic acids is 1. The summed E-state index contributed by atoms with van der Waals surface area (Å²) >= 11 is 12.1. The molecule has 0 spiro atoms. The fraction of sp³-hybridized carbons (Fsp3) is 0.0909. The largest absolute Gasteiger partial charge is 0.492 e. The Morgan fingerprint density at radius 2 is 1.86 bits per heavy atom. The van der Waals surface area contributed by atoms with E-state index in [1.165, 1.54) is 0 Å². The summed E-state index contributed by atoms with van der Waals surface area (Å²) in [5, 5.41) is 3.84. The standard InChI is InChI=1S/C22H16Cl2N2O3/c1-2-28-19-9-5-14(11-17(19)24)21(27)25-16-7-3-13(4-8-16)22-26-18-12-15(23)6-10-20(18)29-22/h3-12H,2H2,1H3,(H,25,27). The van der Waals surface area contributed by atoms with E-state index in [1.807, 2.05) is 19.1 Å². The lowest BCUT2D eigenvalue weighted by Crippen LogP contribution is -2.11. The number of anilines is 1. The molecule has 7 heteroatoms. The van der Waals surface area contributed by atoms with Crippen molar-refractivity contribution in [3.63, 3.8) is 0 Å². The van der Waals surface area contributed by atoms with Crippen molar-refractivity contribution in [2.24, 2.45) is 0 Å². The van der Waals surface area contributed by atoms with Crippen LogP contribution in [0.4, 0.5) is 5.69 Å². The summed E-state index contributed by atoms with van der Waals surface area (Å²) in [5.41, 5.74) is 3.23. The third-order valence-electron chi connectivity index (χ3n) is 4.23. The maximum absolute atomic E-state index is 12.5. The van der Waals surface area contributed by atoms with E-state index in [9.17, 15) is 4.79 Å². The molecule has 4 rings (SSSR count). The van der Waals surface area contributed by atoms with Crippen molar-refractivity contribution >= 4 is 45.9 Å². The van der Waals surface area contributed by atoms with Crippen LogP contribution in [0.25, 0.3) is 22.6 Å². The SMILES string of the molecule is CCOc1ccc(C(=O)Nc2ccc(-c3nc4cc(Cl)ccc4o3)cc2)cc1Cl. The summed E-state index contributed by atoms with van der Waals surface area (Å²) in [6, 6.07) is 17.4. The summed E-state index contributed by atoms with van der Waals surface area (Å²) in [7, 11) is 0. The Bertz CT molecular complexity index is 1190. The Hall–Kier alpha value is -3.02. The Morgan fingerprint density at radius 3 is 2.59 bits per heavy atom. The molecule has 1 heterocycles. The van der Waals surface area contributed by atoms with Crippen molar-refractivity contribution in [1.29, 1.82) is 0 Å². The molecule has 0 saturated carbocycles. The van der Waals surface area contributed by atoms with E-state index in [-0.39, 0.29) is 5.91 Å². The molecule has 0 aliphatic heterocycles. The summed E-state index contributed by atoms with van der Waals surface area (Å²) in [4.78, 5) is 16.9. The third kappa shape index (κ3) is 4.21. The van der Waals surface area contributed by atoms with Crippen LogP contribution in [0.3, 0.4) is 0 Å². The highest BCUT2D eigenvalue weighted by molar-refractivity contribution is 6.32. The fourth-order valence-electron chi connectivity index (χ4n) is 2.84.